The van der Waals surface area contributed by atoms with E-state index < -0.39 is 0 Å². The van der Waals surface area contributed by atoms with Gasteiger partial charge in [0.1, 0.15) is 0 Å². The molecule has 2 aromatic carbocycles. The zero-order valence-electron chi connectivity index (χ0n) is 16.3. The van der Waals surface area contributed by atoms with E-state index in [9.17, 15) is 4.79 Å². The number of halogens is 2. The highest BCUT2D eigenvalue weighted by atomic mass is 35.5. The third-order valence-corrected chi connectivity index (χ3v) is 6.19. The minimum Gasteiger partial charge on any atom is -0.326 e. The molecule has 0 spiro atoms. The van der Waals surface area contributed by atoms with Crippen LogP contribution in [-0.2, 0) is 11.3 Å². The van der Waals surface area contributed by atoms with Gasteiger partial charge in [-0.25, -0.2) is 0 Å². The van der Waals surface area contributed by atoms with Gasteiger partial charge in [0.25, 0.3) is 0 Å². The maximum absolute atomic E-state index is 12.7. The quantitative estimate of drug-likeness (QED) is 0.580. The monoisotopic (exact) mass is 427 g/mol. The summed E-state index contributed by atoms with van der Waals surface area (Å²) < 4.78 is 0. The van der Waals surface area contributed by atoms with Gasteiger partial charge in [0, 0.05) is 45.5 Å². The topological polar surface area (TPSA) is 45.2 Å². The van der Waals surface area contributed by atoms with Crippen molar-refractivity contribution in [2.75, 3.05) is 18.4 Å². The number of hydrogen-bond donors (Lipinski definition) is 1. The Balaban J connectivity index is 1.34. The van der Waals surface area contributed by atoms with E-state index in [1.807, 2.05) is 43.3 Å². The number of carbonyl (C=O) groups is 1. The number of piperidine rings is 1. The van der Waals surface area contributed by atoms with Gasteiger partial charge in [-0.2, -0.15) is 0 Å². The second-order valence-corrected chi connectivity index (χ2v) is 8.45. The lowest BCUT2D eigenvalue weighted by atomic mass is 9.95. The van der Waals surface area contributed by atoms with Crippen molar-refractivity contribution in [1.82, 2.24) is 9.88 Å². The molecule has 1 saturated heterocycles. The maximum Gasteiger partial charge on any atom is 0.227 e. The summed E-state index contributed by atoms with van der Waals surface area (Å²) >= 11 is 12.3. The molecule has 4 rings (SSSR count). The SMILES string of the molecule is Cc1nccc2cc(NC(=O)C3CCN(Cc4ccc(Cl)cc4Cl)CC3)ccc12. The van der Waals surface area contributed by atoms with Crippen LogP contribution in [0.4, 0.5) is 5.69 Å². The molecule has 1 aromatic heterocycles. The van der Waals surface area contributed by atoms with Gasteiger partial charge in [-0.3, -0.25) is 14.7 Å². The van der Waals surface area contributed by atoms with Crippen molar-refractivity contribution >= 4 is 45.6 Å². The molecule has 1 fully saturated rings. The van der Waals surface area contributed by atoms with Gasteiger partial charge in [0.15, 0.2) is 0 Å². The first-order valence-corrected chi connectivity index (χ1v) is 10.6. The van der Waals surface area contributed by atoms with Gasteiger partial charge in [-0.1, -0.05) is 35.3 Å². The van der Waals surface area contributed by atoms with Crippen LogP contribution in [0, 0.1) is 12.8 Å². The lowest BCUT2D eigenvalue weighted by molar-refractivity contribution is -0.121. The van der Waals surface area contributed by atoms with E-state index in [0.717, 1.165) is 60.2 Å². The number of benzene rings is 2. The van der Waals surface area contributed by atoms with Gasteiger partial charge in [-0.15, -0.1) is 0 Å². The Hall–Kier alpha value is -2.14. The zero-order valence-corrected chi connectivity index (χ0v) is 17.8. The Morgan fingerprint density at radius 1 is 1.14 bits per heavy atom. The van der Waals surface area contributed by atoms with E-state index in [0.29, 0.717) is 10.0 Å². The molecule has 0 aliphatic carbocycles. The van der Waals surface area contributed by atoms with Gasteiger partial charge in [0.05, 0.1) is 0 Å². The maximum atomic E-state index is 12.7. The molecule has 29 heavy (non-hydrogen) atoms. The molecule has 1 amide bonds. The smallest absolute Gasteiger partial charge is 0.227 e. The van der Waals surface area contributed by atoms with Crippen LogP contribution >= 0.6 is 23.2 Å². The number of amides is 1. The lowest BCUT2D eigenvalue weighted by Crippen LogP contribution is -2.37. The number of hydrogen-bond acceptors (Lipinski definition) is 3. The van der Waals surface area contributed by atoms with Gasteiger partial charge < -0.3 is 5.32 Å². The van der Waals surface area contributed by atoms with Crippen LogP contribution in [0.15, 0.2) is 48.7 Å². The third-order valence-electron chi connectivity index (χ3n) is 5.60. The van der Waals surface area contributed by atoms with E-state index >= 15 is 0 Å². The number of rotatable bonds is 4. The molecule has 6 heteroatoms. The molecule has 150 valence electrons. The van der Waals surface area contributed by atoms with Crippen molar-refractivity contribution in [2.24, 2.45) is 5.92 Å². The van der Waals surface area contributed by atoms with Crippen molar-refractivity contribution in [3.05, 3.63) is 70.0 Å². The predicted molar refractivity (Wildman–Crippen MR) is 120 cm³/mol. The standard InChI is InChI=1S/C23H23Cl2N3O/c1-15-21-5-4-20(12-17(21)6-9-26-15)27-23(29)16-7-10-28(11-8-16)14-18-2-3-19(24)13-22(18)25/h2-6,9,12-13,16H,7-8,10-11,14H2,1H3,(H,27,29). The second-order valence-electron chi connectivity index (χ2n) is 7.61. The first-order chi connectivity index (χ1) is 14.0. The number of nitrogens with zero attached hydrogens (tertiary/aromatic N) is 2. The molecule has 0 bridgehead atoms. The molecule has 0 unspecified atom stereocenters. The van der Waals surface area contributed by atoms with Crippen LogP contribution in [0.2, 0.25) is 10.0 Å². The third kappa shape index (κ3) is 4.72. The molecule has 4 nitrogen and oxygen atoms in total. The van der Waals surface area contributed by atoms with Crippen molar-refractivity contribution in [3.63, 3.8) is 0 Å². The Labute approximate surface area is 180 Å². The molecular weight excluding hydrogens is 405 g/mol. The summed E-state index contributed by atoms with van der Waals surface area (Å²) in [6.07, 6.45) is 3.48. The summed E-state index contributed by atoms with van der Waals surface area (Å²) in [5.41, 5.74) is 2.90. The summed E-state index contributed by atoms with van der Waals surface area (Å²) in [4.78, 5) is 19.4. The molecule has 0 radical (unpaired) electrons. The van der Waals surface area contributed by atoms with Crippen molar-refractivity contribution in [2.45, 2.75) is 26.3 Å². The average molecular weight is 428 g/mol. The molecule has 1 aliphatic rings. The average Bonchev–Trinajstić information content (AvgIpc) is 2.71. The van der Waals surface area contributed by atoms with Crippen molar-refractivity contribution < 1.29 is 4.79 Å². The minimum absolute atomic E-state index is 0.0295. The largest absolute Gasteiger partial charge is 0.326 e. The molecule has 1 N–H and O–H groups in total. The first-order valence-electron chi connectivity index (χ1n) is 9.82. The minimum atomic E-state index is 0.0295. The molecule has 0 atom stereocenters. The number of carbonyl (C=O) groups excluding carboxylic acids is 1. The van der Waals surface area contributed by atoms with E-state index in [1.54, 1.807) is 12.3 Å². The van der Waals surface area contributed by atoms with E-state index in [4.69, 9.17) is 23.2 Å². The number of likely N-dealkylation sites (tertiary alicyclic amines) is 1. The highest BCUT2D eigenvalue weighted by Gasteiger charge is 2.25. The number of fused-ring (bicyclic) bond motifs is 1. The van der Waals surface area contributed by atoms with Crippen LogP contribution in [0.3, 0.4) is 0 Å². The Morgan fingerprint density at radius 2 is 1.93 bits per heavy atom. The summed E-state index contributed by atoms with van der Waals surface area (Å²) in [6.45, 7) is 4.52. The van der Waals surface area contributed by atoms with Crippen LogP contribution < -0.4 is 5.32 Å². The summed E-state index contributed by atoms with van der Waals surface area (Å²) in [7, 11) is 0. The van der Waals surface area contributed by atoms with E-state index in [1.165, 1.54) is 0 Å². The fourth-order valence-electron chi connectivity index (χ4n) is 3.90. The van der Waals surface area contributed by atoms with Crippen LogP contribution in [-0.4, -0.2) is 28.9 Å². The van der Waals surface area contributed by atoms with Crippen LogP contribution in [0.25, 0.3) is 10.8 Å². The number of aryl methyl sites for hydroxylation is 1. The predicted octanol–water partition coefficient (Wildman–Crippen LogP) is 5.70. The number of aromatic nitrogens is 1. The van der Waals surface area contributed by atoms with Crippen molar-refractivity contribution in [1.29, 1.82) is 0 Å². The second kappa shape index (κ2) is 8.70. The lowest BCUT2D eigenvalue weighted by Gasteiger charge is -2.31. The Morgan fingerprint density at radius 3 is 2.69 bits per heavy atom. The van der Waals surface area contributed by atoms with Crippen LogP contribution in [0.1, 0.15) is 24.1 Å². The summed E-state index contributed by atoms with van der Waals surface area (Å²) in [5, 5.41) is 6.63. The van der Waals surface area contributed by atoms with Gasteiger partial charge in [-0.05, 0) is 74.1 Å². The van der Waals surface area contributed by atoms with E-state index in [-0.39, 0.29) is 11.8 Å². The van der Waals surface area contributed by atoms with Gasteiger partial charge >= 0.3 is 0 Å². The molecule has 0 saturated carbocycles. The first kappa shape index (κ1) is 20.1. The number of anilines is 1. The van der Waals surface area contributed by atoms with E-state index in [2.05, 4.69) is 15.2 Å². The Kier molecular flexibility index (Phi) is 6.04. The Bertz CT molecular complexity index is 1050. The molecule has 3 aromatic rings. The molecule has 1 aliphatic heterocycles. The zero-order chi connectivity index (χ0) is 20.4. The normalized spacial score (nSPS) is 15.6. The highest BCUT2D eigenvalue weighted by Crippen LogP contribution is 2.26. The fraction of sp³-hybridized carbons (Fsp3) is 0.304. The summed E-state index contributed by atoms with van der Waals surface area (Å²) in [5.74, 6) is 0.126. The molecular formula is C23H23Cl2N3O. The fourth-order valence-corrected chi connectivity index (χ4v) is 4.36. The van der Waals surface area contributed by atoms with Gasteiger partial charge in [0.2, 0.25) is 5.91 Å². The summed E-state index contributed by atoms with van der Waals surface area (Å²) in [6, 6.07) is 13.6. The van der Waals surface area contributed by atoms with Crippen molar-refractivity contribution in [3.8, 4) is 0 Å². The highest BCUT2D eigenvalue weighted by molar-refractivity contribution is 6.35. The molecule has 2 heterocycles. The number of nitrogens with one attached hydrogen (secondary N) is 1. The van der Waals surface area contributed by atoms with Crippen LogP contribution in [0.5, 0.6) is 0 Å². The number of pyridine rings is 1.